The van der Waals surface area contributed by atoms with Crippen molar-refractivity contribution >= 4 is 11.4 Å². The topological polar surface area (TPSA) is 58.9 Å². The van der Waals surface area contributed by atoms with Gasteiger partial charge in [0, 0.05) is 16.9 Å². The first-order valence-corrected chi connectivity index (χ1v) is 7.41. The standard InChI is InChI=1S/C14H17F3N2OS/c1-9(19-21(20)13(2,3)4)10-6-5-7-11(12(10)15)14(16,17)8-18/h5-7,9,19H,1-4H3/t9-,21-/m1/s1. The van der Waals surface area contributed by atoms with Crippen LogP contribution in [0.1, 0.15) is 44.9 Å². The minimum absolute atomic E-state index is 0.0555. The van der Waals surface area contributed by atoms with Crippen LogP contribution in [-0.2, 0) is 17.3 Å². The van der Waals surface area contributed by atoms with Crippen LogP contribution in [0.3, 0.4) is 0 Å². The number of alkyl halides is 2. The molecule has 0 aliphatic rings. The highest BCUT2D eigenvalue weighted by molar-refractivity contribution is 7.90. The summed E-state index contributed by atoms with van der Waals surface area (Å²) < 4.78 is 55.0. The number of nitriles is 1. The number of hydrogen-bond acceptors (Lipinski definition) is 3. The third-order valence-corrected chi connectivity index (χ3v) is 4.49. The van der Waals surface area contributed by atoms with Gasteiger partial charge in [0.15, 0.2) is 0 Å². The Balaban J connectivity index is 3.11. The van der Waals surface area contributed by atoms with Crippen molar-refractivity contribution in [3.05, 3.63) is 35.1 Å². The summed E-state index contributed by atoms with van der Waals surface area (Å²) in [5.74, 6) is -5.06. The van der Waals surface area contributed by atoms with Crippen molar-refractivity contribution < 1.29 is 17.7 Å². The van der Waals surface area contributed by atoms with E-state index in [2.05, 4.69) is 4.72 Å². The van der Waals surface area contributed by atoms with Gasteiger partial charge in [-0.25, -0.2) is 4.39 Å². The lowest BCUT2D eigenvalue weighted by molar-refractivity contribution is 0.0569. The van der Waals surface area contributed by atoms with Crippen LogP contribution in [-0.4, -0.2) is 9.30 Å². The molecule has 0 heterocycles. The summed E-state index contributed by atoms with van der Waals surface area (Å²) in [5, 5.41) is 8.42. The average molecular weight is 318 g/mol. The summed E-state index contributed by atoms with van der Waals surface area (Å²) in [4.78, 5) is 0. The van der Waals surface area contributed by atoms with E-state index in [1.807, 2.05) is 0 Å². The number of nitrogens with one attached hydrogen (secondary N) is 1. The lowest BCUT2D eigenvalue weighted by Gasteiger charge is -2.27. The normalized spacial score (nSPS) is 15.4. The number of rotatable bonds is 4. The molecule has 0 aliphatic heterocycles. The molecule has 0 spiro atoms. The molecular formula is C14H17F3N2OS. The van der Waals surface area contributed by atoms with E-state index in [1.165, 1.54) is 19.1 Å². The fraction of sp³-hybridized carbons (Fsp3) is 0.500. The lowest BCUT2D eigenvalue weighted by Crippen LogP contribution is -2.40. The molecule has 0 aromatic heterocycles. The molecule has 0 amide bonds. The molecule has 1 N–H and O–H groups in total. The Morgan fingerprint density at radius 3 is 2.38 bits per heavy atom. The van der Waals surface area contributed by atoms with Gasteiger partial charge in [-0.05, 0) is 33.8 Å². The molecular weight excluding hydrogens is 301 g/mol. The molecule has 21 heavy (non-hydrogen) atoms. The van der Waals surface area contributed by atoms with Crippen LogP contribution in [0.25, 0.3) is 0 Å². The van der Waals surface area contributed by atoms with E-state index in [9.17, 15) is 17.7 Å². The zero-order chi connectivity index (χ0) is 16.4. The highest BCUT2D eigenvalue weighted by Crippen LogP contribution is 2.32. The maximum absolute atomic E-state index is 14.2. The van der Waals surface area contributed by atoms with E-state index in [0.29, 0.717) is 0 Å². The van der Waals surface area contributed by atoms with Gasteiger partial charge in [-0.15, -0.1) is 4.72 Å². The largest absolute Gasteiger partial charge is 0.598 e. The molecule has 1 aromatic rings. The molecule has 116 valence electrons. The van der Waals surface area contributed by atoms with Crippen LogP contribution in [0, 0.1) is 17.1 Å². The molecule has 0 fully saturated rings. The van der Waals surface area contributed by atoms with Crippen molar-refractivity contribution in [1.82, 2.24) is 4.72 Å². The Morgan fingerprint density at radius 2 is 1.90 bits per heavy atom. The predicted octanol–water partition coefficient (Wildman–Crippen LogP) is 3.55. The van der Waals surface area contributed by atoms with Crippen molar-refractivity contribution in [2.24, 2.45) is 0 Å². The third kappa shape index (κ3) is 4.13. The minimum atomic E-state index is -3.90. The van der Waals surface area contributed by atoms with Crippen LogP contribution < -0.4 is 4.72 Å². The summed E-state index contributed by atoms with van der Waals surface area (Å²) in [6.07, 6.45) is 0. The Labute approximate surface area is 125 Å². The summed E-state index contributed by atoms with van der Waals surface area (Å²) in [6, 6.07) is 3.48. The number of halogens is 3. The van der Waals surface area contributed by atoms with Gasteiger partial charge in [0.1, 0.15) is 16.6 Å². The van der Waals surface area contributed by atoms with E-state index < -0.39 is 39.5 Å². The van der Waals surface area contributed by atoms with Gasteiger partial charge in [-0.1, -0.05) is 12.1 Å². The average Bonchev–Trinajstić information content (AvgIpc) is 2.37. The second kappa shape index (κ2) is 6.26. The van der Waals surface area contributed by atoms with Gasteiger partial charge in [-0.2, -0.15) is 14.0 Å². The first kappa shape index (κ1) is 17.8. The zero-order valence-electron chi connectivity index (χ0n) is 12.2. The zero-order valence-corrected chi connectivity index (χ0v) is 13.0. The third-order valence-electron chi connectivity index (χ3n) is 2.81. The number of benzene rings is 1. The van der Waals surface area contributed by atoms with E-state index in [-0.39, 0.29) is 5.56 Å². The van der Waals surface area contributed by atoms with Crippen LogP contribution in [0.2, 0.25) is 0 Å². The fourth-order valence-corrected chi connectivity index (χ4v) is 2.39. The van der Waals surface area contributed by atoms with Crippen LogP contribution in [0.4, 0.5) is 13.2 Å². The molecule has 0 bridgehead atoms. The molecule has 7 heteroatoms. The van der Waals surface area contributed by atoms with Gasteiger partial charge >= 0.3 is 5.92 Å². The monoisotopic (exact) mass is 318 g/mol. The Kier molecular flexibility index (Phi) is 5.31. The van der Waals surface area contributed by atoms with E-state index in [0.717, 1.165) is 12.1 Å². The first-order chi connectivity index (χ1) is 9.50. The molecule has 0 unspecified atom stereocenters. The number of hydrogen-bond donors (Lipinski definition) is 1. The van der Waals surface area contributed by atoms with E-state index in [1.54, 1.807) is 20.8 Å². The molecule has 0 saturated heterocycles. The second-order valence-electron chi connectivity index (χ2n) is 5.62. The molecule has 0 saturated carbocycles. The summed E-state index contributed by atoms with van der Waals surface area (Å²) in [7, 11) is 0. The maximum Gasteiger partial charge on any atom is 0.360 e. The molecule has 2 atom stereocenters. The van der Waals surface area contributed by atoms with Gasteiger partial charge in [0.25, 0.3) is 0 Å². The molecule has 1 rings (SSSR count). The van der Waals surface area contributed by atoms with Crippen molar-refractivity contribution in [3.63, 3.8) is 0 Å². The van der Waals surface area contributed by atoms with Crippen LogP contribution >= 0.6 is 0 Å². The first-order valence-electron chi connectivity index (χ1n) is 6.26. The molecule has 0 radical (unpaired) electrons. The summed E-state index contributed by atoms with van der Waals surface area (Å²) >= 11 is -1.47. The Bertz CT molecular complexity index is 552. The quantitative estimate of drug-likeness (QED) is 0.864. The van der Waals surface area contributed by atoms with E-state index >= 15 is 0 Å². The van der Waals surface area contributed by atoms with E-state index in [4.69, 9.17) is 5.26 Å². The second-order valence-corrected chi connectivity index (χ2v) is 7.61. The fourth-order valence-electron chi connectivity index (χ4n) is 1.59. The van der Waals surface area contributed by atoms with Crippen molar-refractivity contribution in [2.75, 3.05) is 0 Å². The van der Waals surface area contributed by atoms with Crippen molar-refractivity contribution in [2.45, 2.75) is 44.4 Å². The van der Waals surface area contributed by atoms with Gasteiger partial charge in [0.2, 0.25) is 0 Å². The Morgan fingerprint density at radius 1 is 1.33 bits per heavy atom. The van der Waals surface area contributed by atoms with Gasteiger partial charge < -0.3 is 4.55 Å². The summed E-state index contributed by atoms with van der Waals surface area (Å²) in [6.45, 7) is 6.73. The highest BCUT2D eigenvalue weighted by atomic mass is 32.2. The lowest BCUT2D eigenvalue weighted by atomic mass is 10.0. The van der Waals surface area contributed by atoms with Crippen LogP contribution in [0.15, 0.2) is 18.2 Å². The predicted molar refractivity (Wildman–Crippen MR) is 75.4 cm³/mol. The molecule has 1 aromatic carbocycles. The number of nitrogens with zero attached hydrogens (tertiary/aromatic N) is 1. The van der Waals surface area contributed by atoms with Gasteiger partial charge in [0.05, 0.1) is 11.6 Å². The highest BCUT2D eigenvalue weighted by Gasteiger charge is 2.36. The SMILES string of the molecule is C[C@@H](N[S@+]([O-])C(C)(C)C)c1cccc(C(F)(F)C#N)c1F. The van der Waals surface area contributed by atoms with Crippen LogP contribution in [0.5, 0.6) is 0 Å². The van der Waals surface area contributed by atoms with Gasteiger partial charge in [-0.3, -0.25) is 0 Å². The molecule has 0 aliphatic carbocycles. The maximum atomic E-state index is 14.2. The Hall–Kier alpha value is -1.23. The summed E-state index contributed by atoms with van der Waals surface area (Å²) in [5.41, 5.74) is -1.03. The smallest absolute Gasteiger partial charge is 0.360 e. The van der Waals surface area contributed by atoms with Crippen molar-refractivity contribution in [3.8, 4) is 6.07 Å². The molecule has 3 nitrogen and oxygen atoms in total. The minimum Gasteiger partial charge on any atom is -0.598 e. The van der Waals surface area contributed by atoms with Crippen molar-refractivity contribution in [1.29, 1.82) is 5.26 Å².